The van der Waals surface area contributed by atoms with Crippen molar-refractivity contribution in [3.63, 3.8) is 0 Å². The summed E-state index contributed by atoms with van der Waals surface area (Å²) in [5.74, 6) is -0.443. The quantitative estimate of drug-likeness (QED) is 0.847. The summed E-state index contributed by atoms with van der Waals surface area (Å²) >= 11 is 5.96. The molecule has 0 bridgehead atoms. The average Bonchev–Trinajstić information content (AvgIpc) is 2.51. The van der Waals surface area contributed by atoms with Crippen molar-refractivity contribution in [2.75, 3.05) is 11.9 Å². The van der Waals surface area contributed by atoms with Crippen LogP contribution in [-0.2, 0) is 4.74 Å². The third kappa shape index (κ3) is 3.38. The van der Waals surface area contributed by atoms with Crippen LogP contribution < -0.4 is 5.32 Å². The fourth-order valence-electron chi connectivity index (χ4n) is 2.04. The highest BCUT2D eigenvalue weighted by molar-refractivity contribution is 6.31. The summed E-state index contributed by atoms with van der Waals surface area (Å²) in [5.41, 5.74) is 3.09. The largest absolute Gasteiger partial charge is 0.462 e. The van der Waals surface area contributed by atoms with Crippen molar-refractivity contribution in [1.82, 2.24) is 0 Å². The maximum atomic E-state index is 12.0. The molecule has 0 atom stereocenters. The highest BCUT2D eigenvalue weighted by atomic mass is 35.5. The Morgan fingerprint density at radius 3 is 2.77 bits per heavy atom. The first-order valence-corrected chi connectivity index (χ1v) is 7.18. The van der Waals surface area contributed by atoms with Crippen LogP contribution in [0.2, 0.25) is 5.02 Å². The van der Waals surface area contributed by atoms with Gasteiger partial charge in [-0.25, -0.2) is 4.79 Å². The number of benzene rings is 2. The van der Waals surface area contributed by atoms with Gasteiger partial charge in [0.1, 0.15) is 0 Å². The first-order valence-electron chi connectivity index (χ1n) is 6.80. The zero-order valence-electron chi connectivity index (χ0n) is 12.3. The molecule has 5 heteroatoms. The molecule has 0 amide bonds. The summed E-state index contributed by atoms with van der Waals surface area (Å²) in [6.45, 7) is 3.88. The van der Waals surface area contributed by atoms with E-state index in [-0.39, 0.29) is 6.61 Å². The molecule has 4 nitrogen and oxygen atoms in total. The summed E-state index contributed by atoms with van der Waals surface area (Å²) in [4.78, 5) is 12.0. The minimum Gasteiger partial charge on any atom is -0.462 e. The second-order valence-electron chi connectivity index (χ2n) is 4.63. The number of hydrogen-bond acceptors (Lipinski definition) is 4. The van der Waals surface area contributed by atoms with Crippen molar-refractivity contribution in [1.29, 1.82) is 5.26 Å². The molecule has 0 saturated carbocycles. The second-order valence-corrected chi connectivity index (χ2v) is 5.06. The number of nitrogens with zero attached hydrogens (tertiary/aromatic N) is 1. The fraction of sp³-hybridized carbons (Fsp3) is 0.176. The van der Waals surface area contributed by atoms with Gasteiger partial charge >= 0.3 is 5.97 Å². The molecule has 2 rings (SSSR count). The molecule has 0 unspecified atom stereocenters. The molecule has 0 aliphatic rings. The number of esters is 1. The Hall–Kier alpha value is -2.51. The molecule has 0 spiro atoms. The van der Waals surface area contributed by atoms with Crippen molar-refractivity contribution in [3.8, 4) is 6.07 Å². The van der Waals surface area contributed by atoms with Gasteiger partial charge in [-0.15, -0.1) is 0 Å². The molecule has 0 fully saturated rings. The molecule has 22 heavy (non-hydrogen) atoms. The SMILES string of the molecule is CCOC(=O)c1cc(Cl)ccc1Nc1cccc(C#N)c1C. The van der Waals surface area contributed by atoms with Crippen molar-refractivity contribution in [2.45, 2.75) is 13.8 Å². The van der Waals surface area contributed by atoms with E-state index in [4.69, 9.17) is 21.6 Å². The van der Waals surface area contributed by atoms with E-state index in [1.165, 1.54) is 0 Å². The molecule has 0 saturated heterocycles. The van der Waals surface area contributed by atoms with Crippen LogP contribution >= 0.6 is 11.6 Å². The van der Waals surface area contributed by atoms with Gasteiger partial charge in [-0.2, -0.15) is 5.26 Å². The van der Waals surface area contributed by atoms with Gasteiger partial charge in [-0.1, -0.05) is 17.7 Å². The molecule has 0 aliphatic heterocycles. The summed E-state index contributed by atoms with van der Waals surface area (Å²) in [5, 5.41) is 12.7. The number of anilines is 2. The smallest absolute Gasteiger partial charge is 0.340 e. The van der Waals surface area contributed by atoms with Crippen molar-refractivity contribution >= 4 is 28.9 Å². The highest BCUT2D eigenvalue weighted by Gasteiger charge is 2.14. The zero-order valence-corrected chi connectivity index (χ0v) is 13.1. The Kier molecular flexibility index (Phi) is 5.03. The lowest BCUT2D eigenvalue weighted by Gasteiger charge is -2.14. The maximum absolute atomic E-state index is 12.0. The number of nitrogens with one attached hydrogen (secondary N) is 1. The lowest BCUT2D eigenvalue weighted by Crippen LogP contribution is -2.08. The number of carbonyl (C=O) groups excluding carboxylic acids is 1. The molecular weight excluding hydrogens is 300 g/mol. The van der Waals surface area contributed by atoms with E-state index in [0.29, 0.717) is 21.8 Å². The number of nitriles is 1. The highest BCUT2D eigenvalue weighted by Crippen LogP contribution is 2.27. The first kappa shape index (κ1) is 15.9. The monoisotopic (exact) mass is 314 g/mol. The number of hydrogen-bond donors (Lipinski definition) is 1. The van der Waals surface area contributed by atoms with Crippen LogP contribution in [0.15, 0.2) is 36.4 Å². The Morgan fingerprint density at radius 2 is 2.09 bits per heavy atom. The van der Waals surface area contributed by atoms with Crippen molar-refractivity contribution in [2.24, 2.45) is 0 Å². The molecule has 2 aromatic rings. The lowest BCUT2D eigenvalue weighted by atomic mass is 10.1. The number of ether oxygens (including phenoxy) is 1. The molecule has 1 N–H and O–H groups in total. The van der Waals surface area contributed by atoms with Crippen LogP contribution in [-0.4, -0.2) is 12.6 Å². The summed E-state index contributed by atoms with van der Waals surface area (Å²) < 4.78 is 5.05. The molecule has 0 heterocycles. The van der Waals surface area contributed by atoms with Gasteiger partial charge in [0.15, 0.2) is 0 Å². The topological polar surface area (TPSA) is 62.1 Å². The Labute approximate surface area is 134 Å². The van der Waals surface area contributed by atoms with E-state index < -0.39 is 5.97 Å². The van der Waals surface area contributed by atoms with Crippen molar-refractivity contribution < 1.29 is 9.53 Å². The van der Waals surface area contributed by atoms with Gasteiger partial charge in [0, 0.05) is 10.7 Å². The van der Waals surface area contributed by atoms with Gasteiger partial charge in [-0.3, -0.25) is 0 Å². The van der Waals surface area contributed by atoms with Crippen molar-refractivity contribution in [3.05, 3.63) is 58.1 Å². The van der Waals surface area contributed by atoms with Crippen LogP contribution in [0.5, 0.6) is 0 Å². The minimum atomic E-state index is -0.443. The Balaban J connectivity index is 2.42. The van der Waals surface area contributed by atoms with Gasteiger partial charge in [-0.05, 0) is 49.7 Å². The summed E-state index contributed by atoms with van der Waals surface area (Å²) in [6, 6.07) is 12.5. The van der Waals surface area contributed by atoms with E-state index in [1.807, 2.05) is 13.0 Å². The van der Waals surface area contributed by atoms with Crippen LogP contribution in [0.25, 0.3) is 0 Å². The summed E-state index contributed by atoms with van der Waals surface area (Å²) in [7, 11) is 0. The van der Waals surface area contributed by atoms with Crippen LogP contribution in [0.1, 0.15) is 28.4 Å². The Morgan fingerprint density at radius 1 is 1.32 bits per heavy atom. The Bertz CT molecular complexity index is 751. The predicted octanol–water partition coefficient (Wildman–Crippen LogP) is 4.44. The van der Waals surface area contributed by atoms with Gasteiger partial charge < -0.3 is 10.1 Å². The number of halogens is 1. The summed E-state index contributed by atoms with van der Waals surface area (Å²) in [6.07, 6.45) is 0. The maximum Gasteiger partial charge on any atom is 0.340 e. The predicted molar refractivity (Wildman–Crippen MR) is 86.6 cm³/mol. The van der Waals surface area contributed by atoms with Gasteiger partial charge in [0.25, 0.3) is 0 Å². The molecular formula is C17H15ClN2O2. The average molecular weight is 315 g/mol. The van der Waals surface area contributed by atoms with E-state index in [9.17, 15) is 4.79 Å². The molecule has 0 radical (unpaired) electrons. The van der Waals surface area contributed by atoms with E-state index >= 15 is 0 Å². The standard InChI is InChI=1S/C17H15ClN2O2/c1-3-22-17(21)14-9-13(18)7-8-16(14)20-15-6-4-5-12(10-19)11(15)2/h4-9,20H,3H2,1-2H3. The number of carbonyl (C=O) groups is 1. The second kappa shape index (κ2) is 6.97. The van der Waals surface area contributed by atoms with Crippen LogP contribution in [0.3, 0.4) is 0 Å². The van der Waals surface area contributed by atoms with E-state index in [2.05, 4.69) is 11.4 Å². The third-order valence-corrected chi connectivity index (χ3v) is 3.44. The van der Waals surface area contributed by atoms with Gasteiger partial charge in [0.05, 0.1) is 29.5 Å². The van der Waals surface area contributed by atoms with E-state index in [0.717, 1.165) is 11.3 Å². The normalized spacial score (nSPS) is 9.91. The lowest BCUT2D eigenvalue weighted by molar-refractivity contribution is 0.0527. The molecule has 0 aliphatic carbocycles. The molecule has 2 aromatic carbocycles. The van der Waals surface area contributed by atoms with E-state index in [1.54, 1.807) is 37.3 Å². The number of rotatable bonds is 4. The van der Waals surface area contributed by atoms with Crippen LogP contribution in [0.4, 0.5) is 11.4 Å². The molecule has 0 aromatic heterocycles. The first-order chi connectivity index (χ1) is 10.6. The third-order valence-electron chi connectivity index (χ3n) is 3.20. The van der Waals surface area contributed by atoms with Crippen LogP contribution in [0, 0.1) is 18.3 Å². The molecule has 112 valence electrons. The van der Waals surface area contributed by atoms with Gasteiger partial charge in [0.2, 0.25) is 0 Å². The fourth-order valence-corrected chi connectivity index (χ4v) is 2.21. The minimum absolute atomic E-state index is 0.285. The zero-order chi connectivity index (χ0) is 16.1.